The van der Waals surface area contributed by atoms with Crippen molar-refractivity contribution in [1.82, 2.24) is 10.2 Å². The van der Waals surface area contributed by atoms with E-state index in [1.165, 1.54) is 5.56 Å². The Kier molecular flexibility index (Phi) is 5.50. The molecule has 0 unspecified atom stereocenters. The van der Waals surface area contributed by atoms with Crippen LogP contribution in [-0.2, 0) is 17.9 Å². The Hall–Kier alpha value is -2.24. The number of nitrogens with zero attached hydrogens (tertiary/aromatic N) is 1. The van der Waals surface area contributed by atoms with Gasteiger partial charge >= 0.3 is 0 Å². The first-order chi connectivity index (χ1) is 13.2. The summed E-state index contributed by atoms with van der Waals surface area (Å²) in [5, 5.41) is 4.12. The highest BCUT2D eigenvalue weighted by molar-refractivity contribution is 6.31. The van der Waals surface area contributed by atoms with Gasteiger partial charge in [0.05, 0.1) is 0 Å². The molecular formula is C21H23ClN2O3. The first-order valence-electron chi connectivity index (χ1n) is 9.33. The minimum Gasteiger partial charge on any atom is -0.454 e. The van der Waals surface area contributed by atoms with E-state index in [4.69, 9.17) is 21.1 Å². The van der Waals surface area contributed by atoms with Crippen LogP contribution < -0.4 is 14.8 Å². The molecule has 4 rings (SSSR count). The van der Waals surface area contributed by atoms with Gasteiger partial charge in [0, 0.05) is 36.6 Å². The van der Waals surface area contributed by atoms with Gasteiger partial charge in [0.25, 0.3) is 0 Å². The normalized spacial score (nSPS) is 18.3. The Bertz CT molecular complexity index is 813. The van der Waals surface area contributed by atoms with Crippen LogP contribution in [0, 0.1) is 0 Å². The molecule has 1 atom stereocenters. The van der Waals surface area contributed by atoms with Gasteiger partial charge in [-0.3, -0.25) is 4.79 Å². The molecule has 142 valence electrons. The smallest absolute Gasteiger partial charge is 0.231 e. The van der Waals surface area contributed by atoms with Crippen LogP contribution in [0.5, 0.6) is 11.5 Å². The van der Waals surface area contributed by atoms with Gasteiger partial charge in [0.15, 0.2) is 11.5 Å². The van der Waals surface area contributed by atoms with Gasteiger partial charge in [0.2, 0.25) is 12.7 Å². The molecule has 27 heavy (non-hydrogen) atoms. The van der Waals surface area contributed by atoms with Gasteiger partial charge in [-0.2, -0.15) is 0 Å². The van der Waals surface area contributed by atoms with Crippen molar-refractivity contribution in [3.05, 3.63) is 58.6 Å². The molecule has 2 aromatic rings. The van der Waals surface area contributed by atoms with E-state index in [9.17, 15) is 4.79 Å². The second kappa shape index (κ2) is 8.19. The summed E-state index contributed by atoms with van der Waals surface area (Å²) < 4.78 is 10.7. The van der Waals surface area contributed by atoms with E-state index in [2.05, 4.69) is 17.4 Å². The number of fused-ring (bicyclic) bond motifs is 1. The summed E-state index contributed by atoms with van der Waals surface area (Å²) in [5.74, 6) is 1.69. The van der Waals surface area contributed by atoms with Crippen molar-refractivity contribution in [1.29, 1.82) is 0 Å². The summed E-state index contributed by atoms with van der Waals surface area (Å²) in [6.07, 6.45) is 2.50. The highest BCUT2D eigenvalue weighted by Gasteiger charge is 2.30. The third-order valence-corrected chi connectivity index (χ3v) is 5.51. The lowest BCUT2D eigenvalue weighted by molar-refractivity contribution is -0.129. The van der Waals surface area contributed by atoms with E-state index in [0.29, 0.717) is 30.3 Å². The molecular weight excluding hydrogens is 364 g/mol. The maximum absolute atomic E-state index is 12.3. The van der Waals surface area contributed by atoms with E-state index < -0.39 is 0 Å². The van der Waals surface area contributed by atoms with Crippen LogP contribution in [0.3, 0.4) is 0 Å². The number of rotatable bonds is 7. The fourth-order valence-corrected chi connectivity index (χ4v) is 3.90. The van der Waals surface area contributed by atoms with Crippen LogP contribution in [0.2, 0.25) is 5.02 Å². The first kappa shape index (κ1) is 18.1. The van der Waals surface area contributed by atoms with Crippen molar-refractivity contribution in [2.24, 2.45) is 0 Å². The van der Waals surface area contributed by atoms with Crippen LogP contribution in [-0.4, -0.2) is 30.2 Å². The van der Waals surface area contributed by atoms with Crippen LogP contribution in [0.1, 0.15) is 30.4 Å². The topological polar surface area (TPSA) is 50.8 Å². The maximum Gasteiger partial charge on any atom is 0.231 e. The van der Waals surface area contributed by atoms with Crippen LogP contribution >= 0.6 is 11.6 Å². The third-order valence-electron chi connectivity index (χ3n) is 5.16. The molecule has 2 aliphatic heterocycles. The molecule has 0 aromatic heterocycles. The van der Waals surface area contributed by atoms with Crippen LogP contribution in [0.25, 0.3) is 0 Å². The third kappa shape index (κ3) is 4.20. The number of hydrogen-bond donors (Lipinski definition) is 1. The number of amides is 1. The average Bonchev–Trinajstić information content (AvgIpc) is 3.26. The molecule has 1 fully saturated rings. The first-order valence-corrected chi connectivity index (χ1v) is 9.70. The number of carbonyl (C=O) groups excluding carboxylic acids is 1. The number of nitrogens with one attached hydrogen (secondary N) is 1. The lowest BCUT2D eigenvalue weighted by atomic mass is 10.1. The van der Waals surface area contributed by atoms with Crippen molar-refractivity contribution < 1.29 is 14.3 Å². The van der Waals surface area contributed by atoms with Crippen molar-refractivity contribution in [2.45, 2.75) is 38.4 Å². The van der Waals surface area contributed by atoms with Gasteiger partial charge < -0.3 is 19.7 Å². The quantitative estimate of drug-likeness (QED) is 0.736. The number of halogens is 1. The average molecular weight is 387 g/mol. The van der Waals surface area contributed by atoms with Gasteiger partial charge in [0.1, 0.15) is 0 Å². The zero-order valence-electron chi connectivity index (χ0n) is 15.1. The molecule has 6 heteroatoms. The molecule has 1 saturated heterocycles. The van der Waals surface area contributed by atoms with E-state index in [0.717, 1.165) is 30.7 Å². The van der Waals surface area contributed by atoms with Crippen molar-refractivity contribution >= 4 is 17.5 Å². The zero-order valence-corrected chi connectivity index (χ0v) is 15.9. The summed E-state index contributed by atoms with van der Waals surface area (Å²) in [4.78, 5) is 14.3. The zero-order chi connectivity index (χ0) is 18.6. The predicted molar refractivity (Wildman–Crippen MR) is 104 cm³/mol. The number of likely N-dealkylation sites (tertiary alicyclic amines) is 1. The Labute approximate surface area is 164 Å². The minimum atomic E-state index is 0.246. The summed E-state index contributed by atoms with van der Waals surface area (Å²) in [5.41, 5.74) is 2.17. The molecule has 2 heterocycles. The molecule has 0 aliphatic carbocycles. The van der Waals surface area contributed by atoms with Crippen molar-refractivity contribution in [3.63, 3.8) is 0 Å². The highest BCUT2D eigenvalue weighted by Crippen LogP contribution is 2.36. The molecule has 5 nitrogen and oxygen atoms in total. The number of hydrogen-bond acceptors (Lipinski definition) is 4. The summed E-state index contributed by atoms with van der Waals surface area (Å²) >= 11 is 6.32. The maximum atomic E-state index is 12.3. The molecule has 0 spiro atoms. The number of benzene rings is 2. The van der Waals surface area contributed by atoms with Gasteiger partial charge in [-0.1, -0.05) is 41.9 Å². The van der Waals surface area contributed by atoms with Gasteiger partial charge in [-0.25, -0.2) is 0 Å². The number of carbonyl (C=O) groups is 1. The molecule has 0 bridgehead atoms. The second-order valence-electron chi connectivity index (χ2n) is 6.96. The molecule has 0 saturated carbocycles. The Morgan fingerprint density at radius 3 is 2.74 bits per heavy atom. The molecule has 1 amide bonds. The van der Waals surface area contributed by atoms with E-state index in [-0.39, 0.29) is 18.7 Å². The van der Waals surface area contributed by atoms with Gasteiger partial charge in [-0.15, -0.1) is 0 Å². The monoisotopic (exact) mass is 386 g/mol. The SMILES string of the molecule is O=C1CC[C@H](CCNCc2cc3c(cc2Cl)OCO3)N1Cc1ccccc1. The fourth-order valence-electron chi connectivity index (χ4n) is 3.68. The van der Waals surface area contributed by atoms with E-state index in [1.54, 1.807) is 6.07 Å². The van der Waals surface area contributed by atoms with E-state index in [1.807, 2.05) is 29.2 Å². The molecule has 0 radical (unpaired) electrons. The molecule has 1 N–H and O–H groups in total. The lowest BCUT2D eigenvalue weighted by Crippen LogP contribution is -2.34. The van der Waals surface area contributed by atoms with Gasteiger partial charge in [-0.05, 0) is 36.6 Å². The van der Waals surface area contributed by atoms with E-state index >= 15 is 0 Å². The molecule has 2 aliphatic rings. The van der Waals surface area contributed by atoms with Crippen LogP contribution in [0.15, 0.2) is 42.5 Å². The summed E-state index contributed by atoms with van der Waals surface area (Å²) in [6, 6.07) is 14.2. The fraction of sp³-hybridized carbons (Fsp3) is 0.381. The Morgan fingerprint density at radius 2 is 1.93 bits per heavy atom. The highest BCUT2D eigenvalue weighted by atomic mass is 35.5. The van der Waals surface area contributed by atoms with Crippen LogP contribution in [0.4, 0.5) is 0 Å². The lowest BCUT2D eigenvalue weighted by Gasteiger charge is -2.25. The largest absolute Gasteiger partial charge is 0.454 e. The van der Waals surface area contributed by atoms with Crippen molar-refractivity contribution in [3.8, 4) is 11.5 Å². The summed E-state index contributed by atoms with van der Waals surface area (Å²) in [6.45, 7) is 2.43. The minimum absolute atomic E-state index is 0.246. The number of ether oxygens (including phenoxy) is 2. The second-order valence-corrected chi connectivity index (χ2v) is 7.37. The Morgan fingerprint density at radius 1 is 1.15 bits per heavy atom. The Balaban J connectivity index is 1.29. The standard InChI is InChI=1S/C21H23ClN2O3/c22-18-11-20-19(26-14-27-20)10-16(18)12-23-9-8-17-6-7-21(25)24(17)13-15-4-2-1-3-5-15/h1-5,10-11,17,23H,6-9,12-14H2/t17-/m1/s1. The van der Waals surface area contributed by atoms with Crippen molar-refractivity contribution in [2.75, 3.05) is 13.3 Å². The molecule has 2 aromatic carbocycles. The summed E-state index contributed by atoms with van der Waals surface area (Å²) in [7, 11) is 0. The predicted octanol–water partition coefficient (Wildman–Crippen LogP) is 3.74.